The second-order valence-corrected chi connectivity index (χ2v) is 5.48. The van der Waals surface area contributed by atoms with E-state index < -0.39 is 12.0 Å². The third-order valence-corrected chi connectivity index (χ3v) is 4.00. The maximum absolute atomic E-state index is 11.6. The van der Waals surface area contributed by atoms with Crippen LogP contribution >= 0.6 is 15.9 Å². The average molecular weight is 344 g/mol. The number of carboxylic acid groups (broad SMARTS) is 1. The lowest BCUT2D eigenvalue weighted by Gasteiger charge is -2.32. The fraction of sp³-hybridized carbons (Fsp3) is 0.462. The summed E-state index contributed by atoms with van der Waals surface area (Å²) in [6.45, 7) is 2.46. The molecule has 0 radical (unpaired) electrons. The number of carboxylic acids is 1. The van der Waals surface area contributed by atoms with Crippen LogP contribution in [0.1, 0.15) is 11.6 Å². The van der Waals surface area contributed by atoms with E-state index in [1.54, 1.807) is 12.1 Å². The average Bonchev–Trinajstić information content (AvgIpc) is 2.88. The summed E-state index contributed by atoms with van der Waals surface area (Å²) in [6, 6.07) is 2.81. The molecule has 6 nitrogen and oxygen atoms in total. The van der Waals surface area contributed by atoms with Gasteiger partial charge in [-0.3, -0.25) is 9.69 Å². The van der Waals surface area contributed by atoms with Crippen molar-refractivity contribution >= 4 is 21.9 Å². The fourth-order valence-corrected chi connectivity index (χ4v) is 3.06. The van der Waals surface area contributed by atoms with Gasteiger partial charge in [0.15, 0.2) is 11.5 Å². The number of benzene rings is 1. The van der Waals surface area contributed by atoms with Gasteiger partial charge in [0.2, 0.25) is 6.79 Å². The standard InChI is InChI=1S/C13H14BrNO5/c14-9-5-8(6-10-12(9)20-7-19-10)11(13(16)17)15-1-3-18-4-2-15/h5-6,11H,1-4,7H2,(H,16,17). The highest BCUT2D eigenvalue weighted by molar-refractivity contribution is 9.10. The maximum Gasteiger partial charge on any atom is 0.325 e. The number of rotatable bonds is 3. The number of aliphatic carboxylic acids is 1. The van der Waals surface area contributed by atoms with Gasteiger partial charge in [-0.05, 0) is 33.6 Å². The minimum absolute atomic E-state index is 0.159. The van der Waals surface area contributed by atoms with Crippen molar-refractivity contribution in [3.8, 4) is 11.5 Å². The number of ether oxygens (including phenoxy) is 3. The zero-order valence-electron chi connectivity index (χ0n) is 10.7. The van der Waals surface area contributed by atoms with E-state index in [9.17, 15) is 9.90 Å². The lowest BCUT2D eigenvalue weighted by molar-refractivity contribution is -0.145. The lowest BCUT2D eigenvalue weighted by Crippen LogP contribution is -2.42. The molecule has 0 saturated carbocycles. The molecular weight excluding hydrogens is 330 g/mol. The predicted octanol–water partition coefficient (Wildman–Crippen LogP) is 1.64. The second-order valence-electron chi connectivity index (χ2n) is 4.63. The molecular formula is C13H14BrNO5. The molecule has 20 heavy (non-hydrogen) atoms. The van der Waals surface area contributed by atoms with Gasteiger partial charge in [0, 0.05) is 13.1 Å². The van der Waals surface area contributed by atoms with Gasteiger partial charge in [-0.2, -0.15) is 0 Å². The molecule has 0 aliphatic carbocycles. The highest BCUT2D eigenvalue weighted by atomic mass is 79.9. The van der Waals surface area contributed by atoms with Gasteiger partial charge in [-0.15, -0.1) is 0 Å². The summed E-state index contributed by atoms with van der Waals surface area (Å²) in [5.41, 5.74) is 0.676. The Bertz CT molecular complexity index is 530. The molecule has 1 aromatic carbocycles. The van der Waals surface area contributed by atoms with Gasteiger partial charge in [0.1, 0.15) is 6.04 Å². The molecule has 1 atom stereocenters. The van der Waals surface area contributed by atoms with Crippen LogP contribution in [0.15, 0.2) is 16.6 Å². The Hall–Kier alpha value is -1.31. The van der Waals surface area contributed by atoms with Crippen LogP contribution < -0.4 is 9.47 Å². The van der Waals surface area contributed by atoms with Gasteiger partial charge in [-0.1, -0.05) is 0 Å². The molecule has 1 unspecified atom stereocenters. The molecule has 108 valence electrons. The van der Waals surface area contributed by atoms with Crippen LogP contribution in [0.25, 0.3) is 0 Å². The molecule has 0 spiro atoms. The first-order valence-corrected chi connectivity index (χ1v) is 7.10. The van der Waals surface area contributed by atoms with Gasteiger partial charge >= 0.3 is 5.97 Å². The summed E-state index contributed by atoms with van der Waals surface area (Å²) < 4.78 is 16.7. The van der Waals surface area contributed by atoms with Gasteiger partial charge in [0.05, 0.1) is 17.7 Å². The van der Waals surface area contributed by atoms with Crippen LogP contribution in [-0.4, -0.2) is 49.1 Å². The summed E-state index contributed by atoms with van der Waals surface area (Å²) in [5.74, 6) is 0.325. The molecule has 2 aliphatic rings. The minimum Gasteiger partial charge on any atom is -0.480 e. The Morgan fingerprint density at radius 2 is 2.05 bits per heavy atom. The van der Waals surface area contributed by atoms with Crippen molar-refractivity contribution in [3.05, 3.63) is 22.2 Å². The minimum atomic E-state index is -0.877. The molecule has 2 aliphatic heterocycles. The van der Waals surface area contributed by atoms with E-state index in [-0.39, 0.29) is 6.79 Å². The monoisotopic (exact) mass is 343 g/mol. The van der Waals surface area contributed by atoms with Crippen molar-refractivity contribution < 1.29 is 24.1 Å². The van der Waals surface area contributed by atoms with E-state index in [0.717, 1.165) is 0 Å². The molecule has 1 saturated heterocycles. The van der Waals surface area contributed by atoms with Crippen molar-refractivity contribution in [2.45, 2.75) is 6.04 Å². The molecule has 0 bridgehead atoms. The summed E-state index contributed by atoms with van der Waals surface area (Å²) in [7, 11) is 0. The van der Waals surface area contributed by atoms with Gasteiger partial charge in [0.25, 0.3) is 0 Å². The first kappa shape index (κ1) is 13.7. The van der Waals surface area contributed by atoms with Gasteiger partial charge < -0.3 is 19.3 Å². The predicted molar refractivity (Wildman–Crippen MR) is 73.0 cm³/mol. The largest absolute Gasteiger partial charge is 0.480 e. The number of halogens is 1. The number of morpholine rings is 1. The zero-order valence-corrected chi connectivity index (χ0v) is 12.3. The first-order chi connectivity index (χ1) is 9.66. The number of nitrogens with zero attached hydrogens (tertiary/aromatic N) is 1. The van der Waals surface area contributed by atoms with Crippen LogP contribution in [0.3, 0.4) is 0 Å². The van der Waals surface area contributed by atoms with Crippen molar-refractivity contribution in [2.75, 3.05) is 33.1 Å². The zero-order chi connectivity index (χ0) is 14.1. The van der Waals surface area contributed by atoms with E-state index in [0.29, 0.717) is 47.8 Å². The van der Waals surface area contributed by atoms with Crippen LogP contribution in [0.4, 0.5) is 0 Å². The van der Waals surface area contributed by atoms with E-state index in [1.165, 1.54) is 0 Å². The third-order valence-electron chi connectivity index (χ3n) is 3.41. The lowest BCUT2D eigenvalue weighted by atomic mass is 10.0. The van der Waals surface area contributed by atoms with Crippen LogP contribution in [-0.2, 0) is 9.53 Å². The van der Waals surface area contributed by atoms with Crippen molar-refractivity contribution in [3.63, 3.8) is 0 Å². The van der Waals surface area contributed by atoms with Crippen LogP contribution in [0.2, 0.25) is 0 Å². The molecule has 3 rings (SSSR count). The smallest absolute Gasteiger partial charge is 0.325 e. The molecule has 1 fully saturated rings. The highest BCUT2D eigenvalue weighted by Gasteiger charge is 2.31. The van der Waals surface area contributed by atoms with E-state index >= 15 is 0 Å². The number of hydrogen-bond acceptors (Lipinski definition) is 5. The van der Waals surface area contributed by atoms with E-state index in [2.05, 4.69) is 15.9 Å². The molecule has 1 aromatic rings. The third kappa shape index (κ3) is 2.48. The van der Waals surface area contributed by atoms with E-state index in [1.807, 2.05) is 4.90 Å². The topological polar surface area (TPSA) is 68.2 Å². The van der Waals surface area contributed by atoms with E-state index in [4.69, 9.17) is 14.2 Å². The maximum atomic E-state index is 11.6. The number of hydrogen-bond donors (Lipinski definition) is 1. The molecule has 7 heteroatoms. The highest BCUT2D eigenvalue weighted by Crippen LogP contribution is 2.42. The summed E-state index contributed by atoms with van der Waals surface area (Å²) in [4.78, 5) is 13.5. The van der Waals surface area contributed by atoms with Crippen molar-refractivity contribution in [1.82, 2.24) is 4.90 Å². The van der Waals surface area contributed by atoms with Crippen LogP contribution in [0.5, 0.6) is 11.5 Å². The van der Waals surface area contributed by atoms with Crippen LogP contribution in [0, 0.1) is 0 Å². The number of carbonyl (C=O) groups is 1. The molecule has 0 amide bonds. The second kappa shape index (κ2) is 5.59. The summed E-state index contributed by atoms with van der Waals surface area (Å²) >= 11 is 3.40. The van der Waals surface area contributed by atoms with Crippen molar-refractivity contribution in [2.24, 2.45) is 0 Å². The normalized spacial score (nSPS) is 19.9. The summed E-state index contributed by atoms with van der Waals surface area (Å²) in [5, 5.41) is 9.55. The Morgan fingerprint density at radius 3 is 2.75 bits per heavy atom. The fourth-order valence-electron chi connectivity index (χ4n) is 2.49. The number of fused-ring (bicyclic) bond motifs is 1. The van der Waals surface area contributed by atoms with Gasteiger partial charge in [-0.25, -0.2) is 0 Å². The molecule has 1 N–H and O–H groups in total. The first-order valence-electron chi connectivity index (χ1n) is 6.30. The summed E-state index contributed by atoms with van der Waals surface area (Å²) in [6.07, 6.45) is 0. The van der Waals surface area contributed by atoms with Crippen molar-refractivity contribution in [1.29, 1.82) is 0 Å². The molecule has 0 aromatic heterocycles. The Balaban J connectivity index is 1.95. The quantitative estimate of drug-likeness (QED) is 0.899. The SMILES string of the molecule is O=C(O)C(c1cc(Br)c2c(c1)OCO2)N1CCOCC1. The Kier molecular flexibility index (Phi) is 3.82. The molecule has 2 heterocycles. The Labute approximate surface area is 124 Å². The Morgan fingerprint density at radius 1 is 1.30 bits per heavy atom.